The van der Waals surface area contributed by atoms with Gasteiger partial charge in [0.2, 0.25) is 5.91 Å². The largest absolute Gasteiger partial charge is 0.382 e. The van der Waals surface area contributed by atoms with Gasteiger partial charge in [0.25, 0.3) is 0 Å². The zero-order valence-electron chi connectivity index (χ0n) is 17.0. The van der Waals surface area contributed by atoms with Crippen LogP contribution in [0.15, 0.2) is 33.7 Å². The third-order valence-corrected chi connectivity index (χ3v) is 5.34. The van der Waals surface area contributed by atoms with E-state index >= 15 is 0 Å². The van der Waals surface area contributed by atoms with Crippen molar-refractivity contribution in [3.05, 3.63) is 34.3 Å². The van der Waals surface area contributed by atoms with Crippen molar-refractivity contribution in [2.24, 2.45) is 10.4 Å². The molecule has 6 nitrogen and oxygen atoms in total. The molecule has 2 rings (SSSR count). The topological polar surface area (TPSA) is 66.0 Å². The predicted molar refractivity (Wildman–Crippen MR) is 128 cm³/mol. The molecule has 1 aliphatic rings. The molecule has 2 N–H and O–H groups in total. The quantitative estimate of drug-likeness (QED) is 0.197. The van der Waals surface area contributed by atoms with Gasteiger partial charge in [0.05, 0.1) is 13.1 Å². The lowest BCUT2D eigenvalue weighted by Crippen LogP contribution is -2.44. The maximum Gasteiger partial charge on any atom is 0.241 e. The number of hydrogen-bond acceptors (Lipinski definition) is 3. The summed E-state index contributed by atoms with van der Waals surface area (Å²) in [6.45, 7) is 5.22. The van der Waals surface area contributed by atoms with Gasteiger partial charge in [0, 0.05) is 38.3 Å². The summed E-state index contributed by atoms with van der Waals surface area (Å²) in [5.41, 5.74) is 1.43. The number of aliphatic imine (C=N–C) groups is 1. The monoisotopic (exact) mass is 566 g/mol. The van der Waals surface area contributed by atoms with Gasteiger partial charge in [-0.05, 0) is 49.3 Å². The maximum atomic E-state index is 11.9. The fourth-order valence-corrected chi connectivity index (χ4v) is 2.91. The molecular weight excluding hydrogens is 535 g/mol. The third kappa shape index (κ3) is 9.09. The van der Waals surface area contributed by atoms with Gasteiger partial charge in [0.15, 0.2) is 5.96 Å². The molecule has 1 aromatic rings. The molecule has 0 saturated heterocycles. The molecule has 0 unspecified atom stereocenters. The van der Waals surface area contributed by atoms with Crippen LogP contribution in [0.25, 0.3) is 0 Å². The van der Waals surface area contributed by atoms with Gasteiger partial charge >= 0.3 is 0 Å². The minimum absolute atomic E-state index is 0. The van der Waals surface area contributed by atoms with E-state index in [0.717, 1.165) is 36.2 Å². The Kier molecular flexibility index (Phi) is 11.4. The molecule has 0 heterocycles. The van der Waals surface area contributed by atoms with Crippen LogP contribution in [0.2, 0.25) is 0 Å². The summed E-state index contributed by atoms with van der Waals surface area (Å²) < 4.78 is 6.56. The standard InChI is InChI=1S/C20H31BrN4O2.HI/c1-4-27-12-11-20(9-10-20)15-24-19(23-14-18(26)25(2)3)22-13-16-5-7-17(21)8-6-16;/h5-8H,4,9-15H2,1-3H3,(H2,22,23,24);1H. The minimum Gasteiger partial charge on any atom is -0.382 e. The fourth-order valence-electron chi connectivity index (χ4n) is 2.65. The summed E-state index contributed by atoms with van der Waals surface area (Å²) in [5.74, 6) is 0.696. The number of likely N-dealkylation sites (N-methyl/N-ethyl adjacent to an activating group) is 1. The highest BCUT2D eigenvalue weighted by molar-refractivity contribution is 14.0. The highest BCUT2D eigenvalue weighted by Crippen LogP contribution is 2.48. The van der Waals surface area contributed by atoms with Crippen LogP contribution in [0.5, 0.6) is 0 Å². The summed E-state index contributed by atoms with van der Waals surface area (Å²) in [6.07, 6.45) is 3.48. The lowest BCUT2D eigenvalue weighted by atomic mass is 10.0. The third-order valence-electron chi connectivity index (χ3n) is 4.81. The zero-order chi connectivity index (χ0) is 19.7. The Morgan fingerprint density at radius 1 is 1.25 bits per heavy atom. The van der Waals surface area contributed by atoms with Crippen molar-refractivity contribution in [2.45, 2.75) is 32.7 Å². The van der Waals surface area contributed by atoms with Crippen molar-refractivity contribution in [1.82, 2.24) is 15.5 Å². The van der Waals surface area contributed by atoms with Crippen molar-refractivity contribution < 1.29 is 9.53 Å². The van der Waals surface area contributed by atoms with E-state index in [0.29, 0.717) is 17.9 Å². The Morgan fingerprint density at radius 2 is 1.93 bits per heavy atom. The van der Waals surface area contributed by atoms with Crippen molar-refractivity contribution in [2.75, 3.05) is 40.4 Å². The summed E-state index contributed by atoms with van der Waals surface area (Å²) >= 11 is 3.45. The minimum atomic E-state index is 0. The summed E-state index contributed by atoms with van der Waals surface area (Å²) in [4.78, 5) is 18.1. The van der Waals surface area contributed by atoms with Crippen molar-refractivity contribution in [1.29, 1.82) is 0 Å². The second-order valence-electron chi connectivity index (χ2n) is 7.23. The number of nitrogens with zero attached hydrogens (tertiary/aromatic N) is 2. The fraction of sp³-hybridized carbons (Fsp3) is 0.600. The Morgan fingerprint density at radius 3 is 2.50 bits per heavy atom. The lowest BCUT2D eigenvalue weighted by Gasteiger charge is -2.19. The van der Waals surface area contributed by atoms with Crippen LogP contribution in [0, 0.1) is 5.41 Å². The number of hydrogen-bond donors (Lipinski definition) is 2. The second kappa shape index (κ2) is 12.6. The second-order valence-corrected chi connectivity index (χ2v) is 8.15. The van der Waals surface area contributed by atoms with Gasteiger partial charge in [0.1, 0.15) is 0 Å². The number of benzene rings is 1. The Bertz CT molecular complexity index is 634. The van der Waals surface area contributed by atoms with E-state index in [2.05, 4.69) is 31.6 Å². The molecule has 0 atom stereocenters. The first-order valence-electron chi connectivity index (χ1n) is 9.49. The van der Waals surface area contributed by atoms with Gasteiger partial charge in [-0.25, -0.2) is 4.99 Å². The molecule has 0 spiro atoms. The first-order valence-corrected chi connectivity index (χ1v) is 10.3. The zero-order valence-corrected chi connectivity index (χ0v) is 20.9. The van der Waals surface area contributed by atoms with Crippen LogP contribution >= 0.6 is 39.9 Å². The molecule has 1 aliphatic carbocycles. The number of rotatable bonds is 10. The van der Waals surface area contributed by atoms with Crippen LogP contribution in [0.1, 0.15) is 31.7 Å². The van der Waals surface area contributed by atoms with E-state index in [1.165, 1.54) is 12.8 Å². The molecule has 8 heteroatoms. The number of guanidine groups is 1. The van der Waals surface area contributed by atoms with Crippen LogP contribution in [-0.2, 0) is 16.1 Å². The van der Waals surface area contributed by atoms with Crippen molar-refractivity contribution >= 4 is 51.8 Å². The maximum absolute atomic E-state index is 11.9. The van der Waals surface area contributed by atoms with Crippen LogP contribution in [0.3, 0.4) is 0 Å². The van der Waals surface area contributed by atoms with Gasteiger partial charge in [-0.2, -0.15) is 0 Å². The highest BCUT2D eigenvalue weighted by Gasteiger charge is 2.41. The van der Waals surface area contributed by atoms with E-state index in [4.69, 9.17) is 4.74 Å². The normalized spacial score (nSPS) is 14.8. The van der Waals surface area contributed by atoms with E-state index in [-0.39, 0.29) is 36.4 Å². The SMILES string of the molecule is CCOCCC1(CNC(=NCc2ccc(Br)cc2)NCC(=O)N(C)C)CC1.I. The number of nitrogens with one attached hydrogen (secondary N) is 2. The van der Waals surface area contributed by atoms with Gasteiger partial charge in [-0.15, -0.1) is 24.0 Å². The van der Waals surface area contributed by atoms with Crippen molar-refractivity contribution in [3.63, 3.8) is 0 Å². The number of carbonyl (C=O) groups excluding carboxylic acids is 1. The van der Waals surface area contributed by atoms with E-state index < -0.39 is 0 Å². The number of ether oxygens (including phenoxy) is 1. The molecule has 1 aromatic carbocycles. The predicted octanol–water partition coefficient (Wildman–Crippen LogP) is 3.40. The van der Waals surface area contributed by atoms with E-state index in [9.17, 15) is 4.79 Å². The number of amides is 1. The van der Waals surface area contributed by atoms with E-state index in [1.807, 2.05) is 31.2 Å². The molecule has 0 aliphatic heterocycles. The first kappa shape index (κ1) is 25.2. The Labute approximate surface area is 194 Å². The van der Waals surface area contributed by atoms with Gasteiger partial charge in [-0.3, -0.25) is 4.79 Å². The molecule has 0 aromatic heterocycles. The lowest BCUT2D eigenvalue weighted by molar-refractivity contribution is -0.127. The van der Waals surface area contributed by atoms with Crippen LogP contribution in [-0.4, -0.2) is 57.2 Å². The molecule has 1 saturated carbocycles. The summed E-state index contributed by atoms with van der Waals surface area (Å²) in [7, 11) is 3.51. The molecule has 1 fully saturated rings. The van der Waals surface area contributed by atoms with Crippen molar-refractivity contribution in [3.8, 4) is 0 Å². The molecule has 158 valence electrons. The Balaban J connectivity index is 0.00000392. The van der Waals surface area contributed by atoms with Gasteiger partial charge < -0.3 is 20.3 Å². The molecular formula is C20H32BrIN4O2. The Hall–Kier alpha value is -0.870. The molecule has 28 heavy (non-hydrogen) atoms. The number of carbonyl (C=O) groups is 1. The van der Waals surface area contributed by atoms with Crippen LogP contribution < -0.4 is 10.6 Å². The van der Waals surface area contributed by atoms with Gasteiger partial charge in [-0.1, -0.05) is 28.1 Å². The average molecular weight is 567 g/mol. The molecule has 0 radical (unpaired) electrons. The number of halogens is 2. The first-order chi connectivity index (χ1) is 12.9. The van der Waals surface area contributed by atoms with E-state index in [1.54, 1.807) is 19.0 Å². The summed E-state index contributed by atoms with van der Waals surface area (Å²) in [5, 5.41) is 6.59. The molecule has 0 bridgehead atoms. The molecule has 1 amide bonds. The summed E-state index contributed by atoms with van der Waals surface area (Å²) in [6, 6.07) is 8.10. The average Bonchev–Trinajstić information content (AvgIpc) is 3.42. The van der Waals surface area contributed by atoms with Crippen LogP contribution in [0.4, 0.5) is 0 Å². The highest BCUT2D eigenvalue weighted by atomic mass is 127. The smallest absolute Gasteiger partial charge is 0.241 e.